The Balaban J connectivity index is 1.90. The summed E-state index contributed by atoms with van der Waals surface area (Å²) in [4.78, 5) is 4.77. The molecule has 0 aliphatic carbocycles. The van der Waals surface area contributed by atoms with Crippen LogP contribution < -0.4 is 4.72 Å². The third-order valence-electron chi connectivity index (χ3n) is 3.19. The van der Waals surface area contributed by atoms with Gasteiger partial charge in [0.2, 0.25) is 0 Å². The van der Waals surface area contributed by atoms with Gasteiger partial charge in [0.15, 0.2) is 0 Å². The molecule has 2 heterocycles. The van der Waals surface area contributed by atoms with E-state index in [0.717, 1.165) is 16.0 Å². The Bertz CT molecular complexity index is 935. The number of halogens is 1. The Kier molecular flexibility index (Phi) is 4.39. The molecule has 1 N–H and O–H groups in total. The van der Waals surface area contributed by atoms with E-state index in [9.17, 15) is 8.42 Å². The van der Waals surface area contributed by atoms with Crippen LogP contribution >= 0.6 is 22.9 Å². The Morgan fingerprint density at radius 2 is 1.83 bits per heavy atom. The first-order valence-electron chi connectivity index (χ1n) is 6.75. The van der Waals surface area contributed by atoms with Gasteiger partial charge in [-0.05, 0) is 30.7 Å². The zero-order valence-electron chi connectivity index (χ0n) is 12.2. The lowest BCUT2D eigenvalue weighted by Gasteiger charge is -2.07. The molecule has 0 radical (unpaired) electrons. The Morgan fingerprint density at radius 1 is 1.09 bits per heavy atom. The largest absolute Gasteiger partial charge is 0.276 e. The minimum absolute atomic E-state index is 0.230. The van der Waals surface area contributed by atoms with Gasteiger partial charge in [-0.3, -0.25) is 9.71 Å². The summed E-state index contributed by atoms with van der Waals surface area (Å²) in [5.41, 5.74) is 2.41. The van der Waals surface area contributed by atoms with Crippen LogP contribution in [0.3, 0.4) is 0 Å². The molecule has 0 aliphatic heterocycles. The van der Waals surface area contributed by atoms with Crippen LogP contribution in [0.5, 0.6) is 0 Å². The van der Waals surface area contributed by atoms with Gasteiger partial charge in [-0.15, -0.1) is 11.3 Å². The molecule has 0 unspecified atom stereocenters. The number of aromatic nitrogens is 1. The van der Waals surface area contributed by atoms with Gasteiger partial charge in [0.1, 0.15) is 4.21 Å². The number of anilines is 1. The van der Waals surface area contributed by atoms with E-state index in [-0.39, 0.29) is 9.90 Å². The summed E-state index contributed by atoms with van der Waals surface area (Å²) in [6.45, 7) is 2.01. The number of aryl methyl sites for hydroxylation is 1. The number of pyridine rings is 1. The predicted octanol–water partition coefficient (Wildman–Crippen LogP) is 4.57. The Labute approximate surface area is 143 Å². The molecule has 7 heteroatoms. The predicted molar refractivity (Wildman–Crippen MR) is 94.5 cm³/mol. The molecule has 4 nitrogen and oxygen atoms in total. The van der Waals surface area contributed by atoms with Crippen molar-refractivity contribution >= 4 is 38.6 Å². The molecule has 3 aromatic rings. The van der Waals surface area contributed by atoms with E-state index >= 15 is 0 Å². The molecule has 0 saturated heterocycles. The van der Waals surface area contributed by atoms with E-state index in [1.54, 1.807) is 12.1 Å². The molecule has 0 amide bonds. The quantitative estimate of drug-likeness (QED) is 0.737. The minimum atomic E-state index is -3.69. The summed E-state index contributed by atoms with van der Waals surface area (Å²) in [6, 6.07) is 12.9. The van der Waals surface area contributed by atoms with E-state index in [4.69, 9.17) is 11.6 Å². The maximum absolute atomic E-state index is 12.5. The maximum atomic E-state index is 12.5. The number of rotatable bonds is 4. The van der Waals surface area contributed by atoms with Crippen LogP contribution in [0.15, 0.2) is 59.1 Å². The number of benzene rings is 1. The Morgan fingerprint density at radius 3 is 2.52 bits per heavy atom. The SMILES string of the molecule is Cc1ccc(-c2ccc(S(=O)(=O)Nc3cnccc3Cl)s2)cc1. The van der Waals surface area contributed by atoms with Crippen molar-refractivity contribution in [1.82, 2.24) is 4.98 Å². The van der Waals surface area contributed by atoms with Gasteiger partial charge in [0.25, 0.3) is 10.0 Å². The third-order valence-corrected chi connectivity index (χ3v) is 6.52. The summed E-state index contributed by atoms with van der Waals surface area (Å²) in [7, 11) is -3.69. The molecule has 0 aliphatic rings. The lowest BCUT2D eigenvalue weighted by Crippen LogP contribution is -2.11. The Hall–Kier alpha value is -1.89. The monoisotopic (exact) mass is 364 g/mol. The maximum Gasteiger partial charge on any atom is 0.271 e. The number of hydrogen-bond acceptors (Lipinski definition) is 4. The van der Waals surface area contributed by atoms with E-state index in [1.807, 2.05) is 31.2 Å². The fourth-order valence-electron chi connectivity index (χ4n) is 1.99. The average molecular weight is 365 g/mol. The number of thiophene rings is 1. The van der Waals surface area contributed by atoms with Crippen molar-refractivity contribution in [2.24, 2.45) is 0 Å². The van der Waals surface area contributed by atoms with Crippen LogP contribution in [0.2, 0.25) is 5.02 Å². The number of sulfonamides is 1. The van der Waals surface area contributed by atoms with Crippen LogP contribution in [0.4, 0.5) is 5.69 Å². The third kappa shape index (κ3) is 3.55. The second kappa shape index (κ2) is 6.31. The molecule has 118 valence electrons. The van der Waals surface area contributed by atoms with Crippen molar-refractivity contribution < 1.29 is 8.42 Å². The fourth-order valence-corrected chi connectivity index (χ4v) is 4.57. The van der Waals surface area contributed by atoms with Crippen LogP contribution in [-0.2, 0) is 10.0 Å². The first-order chi connectivity index (χ1) is 11.0. The molecule has 3 rings (SSSR count). The van der Waals surface area contributed by atoms with Gasteiger partial charge in [-0.1, -0.05) is 41.4 Å². The molecule has 1 aromatic carbocycles. The van der Waals surface area contributed by atoms with Crippen LogP contribution in [0.1, 0.15) is 5.56 Å². The van der Waals surface area contributed by atoms with Gasteiger partial charge in [-0.25, -0.2) is 8.42 Å². The van der Waals surface area contributed by atoms with Gasteiger partial charge in [0, 0.05) is 11.1 Å². The first-order valence-corrected chi connectivity index (χ1v) is 9.43. The van der Waals surface area contributed by atoms with Gasteiger partial charge >= 0.3 is 0 Å². The van der Waals surface area contributed by atoms with Crippen LogP contribution in [0.25, 0.3) is 10.4 Å². The number of nitrogens with one attached hydrogen (secondary N) is 1. The van der Waals surface area contributed by atoms with Crippen molar-refractivity contribution in [1.29, 1.82) is 0 Å². The molecular formula is C16H13ClN2O2S2. The zero-order chi connectivity index (χ0) is 16.4. The van der Waals surface area contributed by atoms with Crippen molar-refractivity contribution in [2.45, 2.75) is 11.1 Å². The summed E-state index contributed by atoms with van der Waals surface area (Å²) >= 11 is 7.18. The standard InChI is InChI=1S/C16H13ClN2O2S2/c1-11-2-4-12(5-3-11)15-6-7-16(22-15)23(20,21)19-14-10-18-9-8-13(14)17/h2-10,19H,1H3. The molecule has 23 heavy (non-hydrogen) atoms. The van der Waals surface area contributed by atoms with Crippen molar-refractivity contribution in [2.75, 3.05) is 4.72 Å². The lowest BCUT2D eigenvalue weighted by molar-refractivity contribution is 0.603. The van der Waals surface area contributed by atoms with E-state index in [2.05, 4.69) is 9.71 Å². The number of hydrogen-bond donors (Lipinski definition) is 1. The fraction of sp³-hybridized carbons (Fsp3) is 0.0625. The molecule has 2 aromatic heterocycles. The van der Waals surface area contributed by atoms with E-state index in [0.29, 0.717) is 5.02 Å². The summed E-state index contributed by atoms with van der Waals surface area (Å²) in [6.07, 6.45) is 2.88. The van der Waals surface area contributed by atoms with Gasteiger partial charge in [-0.2, -0.15) is 0 Å². The zero-order valence-corrected chi connectivity index (χ0v) is 14.5. The van der Waals surface area contributed by atoms with Crippen LogP contribution in [-0.4, -0.2) is 13.4 Å². The molecule has 0 bridgehead atoms. The molecule has 0 saturated carbocycles. The summed E-state index contributed by atoms with van der Waals surface area (Å²) in [5.74, 6) is 0. The molecular weight excluding hydrogens is 352 g/mol. The van der Waals surface area contributed by atoms with Gasteiger partial charge < -0.3 is 0 Å². The molecule has 0 spiro atoms. The van der Waals surface area contributed by atoms with Crippen LogP contribution in [0, 0.1) is 6.92 Å². The van der Waals surface area contributed by atoms with E-state index < -0.39 is 10.0 Å². The second-order valence-corrected chi connectivity index (χ2v) is 8.35. The highest BCUT2D eigenvalue weighted by Gasteiger charge is 2.18. The van der Waals surface area contributed by atoms with Crippen molar-refractivity contribution in [3.63, 3.8) is 0 Å². The molecule has 0 fully saturated rings. The normalized spacial score (nSPS) is 11.4. The number of nitrogens with zero attached hydrogens (tertiary/aromatic N) is 1. The second-order valence-electron chi connectivity index (χ2n) is 4.95. The summed E-state index contributed by atoms with van der Waals surface area (Å²) in [5, 5.41) is 0.305. The highest BCUT2D eigenvalue weighted by Crippen LogP contribution is 2.32. The average Bonchev–Trinajstić information content (AvgIpc) is 3.01. The highest BCUT2D eigenvalue weighted by atomic mass is 35.5. The van der Waals surface area contributed by atoms with Crippen molar-refractivity contribution in [3.05, 3.63) is 65.4 Å². The first kappa shape index (κ1) is 16.0. The lowest BCUT2D eigenvalue weighted by atomic mass is 10.1. The van der Waals surface area contributed by atoms with E-state index in [1.165, 1.54) is 29.8 Å². The smallest absolute Gasteiger partial charge is 0.271 e. The topological polar surface area (TPSA) is 59.1 Å². The minimum Gasteiger partial charge on any atom is -0.276 e. The van der Waals surface area contributed by atoms with Gasteiger partial charge in [0.05, 0.1) is 16.9 Å². The van der Waals surface area contributed by atoms with Crippen molar-refractivity contribution in [3.8, 4) is 10.4 Å². The highest BCUT2D eigenvalue weighted by molar-refractivity contribution is 7.94. The molecule has 0 atom stereocenters. The summed E-state index contributed by atoms with van der Waals surface area (Å²) < 4.78 is 27.6.